The molecule has 0 bridgehead atoms. The lowest BCUT2D eigenvalue weighted by atomic mass is 10.2. The van der Waals surface area contributed by atoms with Crippen LogP contribution in [0, 0.1) is 0 Å². The van der Waals surface area contributed by atoms with E-state index in [-0.39, 0.29) is 6.10 Å². The number of benzene rings is 1. The number of aliphatic imine (C=N–C) groups is 1. The third kappa shape index (κ3) is 7.94. The first kappa shape index (κ1) is 22.3. The van der Waals surface area contributed by atoms with Gasteiger partial charge in [0.1, 0.15) is 0 Å². The summed E-state index contributed by atoms with van der Waals surface area (Å²) in [5.41, 5.74) is 1.07. The zero-order chi connectivity index (χ0) is 20.0. The first-order valence-corrected chi connectivity index (χ1v) is 10.3. The molecule has 7 nitrogen and oxygen atoms in total. The topological polar surface area (TPSA) is 73.3 Å². The van der Waals surface area contributed by atoms with Gasteiger partial charge >= 0.3 is 0 Å². The maximum absolute atomic E-state index is 5.69. The molecule has 2 rings (SSSR count). The third-order valence-corrected chi connectivity index (χ3v) is 4.38. The van der Waals surface area contributed by atoms with E-state index in [4.69, 9.17) is 18.9 Å². The third-order valence-electron chi connectivity index (χ3n) is 4.38. The second-order valence-electron chi connectivity index (χ2n) is 6.60. The Bertz CT molecular complexity index is 589. The molecule has 2 N–H and O–H groups in total. The summed E-state index contributed by atoms with van der Waals surface area (Å²) in [5.74, 6) is 2.29. The van der Waals surface area contributed by atoms with E-state index in [1.807, 2.05) is 25.1 Å². The minimum absolute atomic E-state index is 0.290. The molecular formula is C21H35N3O4. The van der Waals surface area contributed by atoms with Crippen molar-refractivity contribution in [3.63, 3.8) is 0 Å². The molecule has 1 aliphatic rings. The van der Waals surface area contributed by atoms with Crippen LogP contribution in [0.4, 0.5) is 0 Å². The van der Waals surface area contributed by atoms with Gasteiger partial charge in [0.15, 0.2) is 17.5 Å². The van der Waals surface area contributed by atoms with Gasteiger partial charge < -0.3 is 29.6 Å². The average Bonchev–Trinajstić information content (AvgIpc) is 3.23. The largest absolute Gasteiger partial charge is 0.493 e. The smallest absolute Gasteiger partial charge is 0.191 e. The van der Waals surface area contributed by atoms with Crippen molar-refractivity contribution in [2.24, 2.45) is 4.99 Å². The van der Waals surface area contributed by atoms with Gasteiger partial charge in [0.25, 0.3) is 0 Å². The van der Waals surface area contributed by atoms with E-state index in [0.29, 0.717) is 19.8 Å². The molecule has 0 aromatic heterocycles. The van der Waals surface area contributed by atoms with E-state index in [2.05, 4.69) is 22.5 Å². The molecule has 1 unspecified atom stereocenters. The van der Waals surface area contributed by atoms with Crippen molar-refractivity contribution in [3.8, 4) is 11.5 Å². The molecule has 1 aromatic rings. The zero-order valence-corrected chi connectivity index (χ0v) is 17.5. The standard InChI is InChI=1S/C21H35N3O4/c1-4-22-21(23-11-7-12-26-16-18-8-6-13-28-18)24-15-17-9-10-19(27-5-2)20(14-17)25-3/h9-10,14,18H,4-8,11-13,15-16H2,1-3H3,(H2,22,23,24). The van der Waals surface area contributed by atoms with Crippen molar-refractivity contribution in [3.05, 3.63) is 23.8 Å². The molecule has 0 radical (unpaired) electrons. The molecule has 0 spiro atoms. The predicted octanol–water partition coefficient (Wildman–Crippen LogP) is 2.73. The van der Waals surface area contributed by atoms with Crippen molar-refractivity contribution in [1.82, 2.24) is 10.6 Å². The Kier molecular flexibility index (Phi) is 10.5. The Hall–Kier alpha value is -1.99. The summed E-state index contributed by atoms with van der Waals surface area (Å²) in [6.07, 6.45) is 3.48. The molecule has 1 aromatic carbocycles. The normalized spacial score (nSPS) is 16.8. The molecule has 1 aliphatic heterocycles. The van der Waals surface area contributed by atoms with Crippen molar-refractivity contribution < 1.29 is 18.9 Å². The van der Waals surface area contributed by atoms with E-state index < -0.39 is 0 Å². The highest BCUT2D eigenvalue weighted by molar-refractivity contribution is 5.79. The number of methoxy groups -OCH3 is 1. The number of rotatable bonds is 12. The molecule has 1 heterocycles. The van der Waals surface area contributed by atoms with Crippen LogP contribution >= 0.6 is 0 Å². The summed E-state index contributed by atoms with van der Waals surface area (Å²) < 4.78 is 22.2. The summed E-state index contributed by atoms with van der Waals surface area (Å²) >= 11 is 0. The highest BCUT2D eigenvalue weighted by Crippen LogP contribution is 2.28. The fraction of sp³-hybridized carbons (Fsp3) is 0.667. The molecule has 0 amide bonds. The average molecular weight is 394 g/mol. The number of guanidine groups is 1. The fourth-order valence-corrected chi connectivity index (χ4v) is 2.97. The Morgan fingerprint density at radius 1 is 1.25 bits per heavy atom. The maximum Gasteiger partial charge on any atom is 0.191 e. The van der Waals surface area contributed by atoms with E-state index >= 15 is 0 Å². The molecule has 1 saturated heterocycles. The molecule has 28 heavy (non-hydrogen) atoms. The number of nitrogens with zero attached hydrogens (tertiary/aromatic N) is 1. The lowest BCUT2D eigenvalue weighted by molar-refractivity contribution is 0.0168. The number of hydrogen-bond donors (Lipinski definition) is 2. The summed E-state index contributed by atoms with van der Waals surface area (Å²) in [4.78, 5) is 4.65. The second-order valence-corrected chi connectivity index (χ2v) is 6.60. The summed E-state index contributed by atoms with van der Waals surface area (Å²) in [6.45, 7) is 9.11. The van der Waals surface area contributed by atoms with Crippen molar-refractivity contribution in [1.29, 1.82) is 0 Å². The van der Waals surface area contributed by atoms with Crippen LogP contribution in [-0.4, -0.2) is 58.7 Å². The van der Waals surface area contributed by atoms with Gasteiger partial charge in [-0.3, -0.25) is 0 Å². The van der Waals surface area contributed by atoms with Gasteiger partial charge in [-0.25, -0.2) is 4.99 Å². The van der Waals surface area contributed by atoms with Gasteiger partial charge in [-0.15, -0.1) is 0 Å². The maximum atomic E-state index is 5.69. The van der Waals surface area contributed by atoms with Crippen molar-refractivity contribution in [2.75, 3.05) is 46.6 Å². The lowest BCUT2D eigenvalue weighted by Gasteiger charge is -2.13. The Labute approximate surface area is 168 Å². The van der Waals surface area contributed by atoms with Crippen LogP contribution < -0.4 is 20.1 Å². The highest BCUT2D eigenvalue weighted by atomic mass is 16.5. The molecule has 0 aliphatic carbocycles. The second kappa shape index (κ2) is 13.2. The minimum atomic E-state index is 0.290. The van der Waals surface area contributed by atoms with Crippen LogP contribution in [0.3, 0.4) is 0 Å². The van der Waals surface area contributed by atoms with Gasteiger partial charge in [0.2, 0.25) is 0 Å². The van der Waals surface area contributed by atoms with Crippen LogP contribution in [-0.2, 0) is 16.0 Å². The Morgan fingerprint density at radius 2 is 2.14 bits per heavy atom. The Balaban J connectivity index is 1.74. The van der Waals surface area contributed by atoms with Crippen molar-refractivity contribution >= 4 is 5.96 Å². The number of nitrogens with one attached hydrogen (secondary N) is 2. The minimum Gasteiger partial charge on any atom is -0.493 e. The molecule has 1 fully saturated rings. The number of ether oxygens (including phenoxy) is 4. The van der Waals surface area contributed by atoms with Gasteiger partial charge in [0, 0.05) is 26.3 Å². The van der Waals surface area contributed by atoms with Crippen LogP contribution in [0.15, 0.2) is 23.2 Å². The molecular weight excluding hydrogens is 358 g/mol. The van der Waals surface area contributed by atoms with Crippen LogP contribution in [0.5, 0.6) is 11.5 Å². The fourth-order valence-electron chi connectivity index (χ4n) is 2.97. The van der Waals surface area contributed by atoms with Gasteiger partial charge in [-0.05, 0) is 50.8 Å². The lowest BCUT2D eigenvalue weighted by Crippen LogP contribution is -2.38. The van der Waals surface area contributed by atoms with Gasteiger partial charge in [0.05, 0.1) is 33.0 Å². The van der Waals surface area contributed by atoms with Crippen LogP contribution in [0.2, 0.25) is 0 Å². The van der Waals surface area contributed by atoms with Crippen LogP contribution in [0.25, 0.3) is 0 Å². The monoisotopic (exact) mass is 393 g/mol. The molecule has 7 heteroatoms. The number of hydrogen-bond acceptors (Lipinski definition) is 5. The molecule has 0 saturated carbocycles. The van der Waals surface area contributed by atoms with Gasteiger partial charge in [-0.1, -0.05) is 6.07 Å². The predicted molar refractivity (Wildman–Crippen MR) is 111 cm³/mol. The van der Waals surface area contributed by atoms with E-state index in [0.717, 1.165) is 68.6 Å². The van der Waals surface area contributed by atoms with Crippen LogP contribution in [0.1, 0.15) is 38.7 Å². The summed E-state index contributed by atoms with van der Waals surface area (Å²) in [7, 11) is 1.65. The van der Waals surface area contributed by atoms with Crippen molar-refractivity contribution in [2.45, 2.75) is 45.8 Å². The highest BCUT2D eigenvalue weighted by Gasteiger charge is 2.14. The quantitative estimate of drug-likeness (QED) is 0.323. The summed E-state index contributed by atoms with van der Waals surface area (Å²) in [5, 5.41) is 6.62. The van der Waals surface area contributed by atoms with E-state index in [1.165, 1.54) is 0 Å². The van der Waals surface area contributed by atoms with Gasteiger partial charge in [-0.2, -0.15) is 0 Å². The summed E-state index contributed by atoms with van der Waals surface area (Å²) in [6, 6.07) is 5.91. The first-order valence-electron chi connectivity index (χ1n) is 10.3. The molecule has 1 atom stereocenters. The van der Waals surface area contributed by atoms with E-state index in [9.17, 15) is 0 Å². The molecule has 158 valence electrons. The first-order chi connectivity index (χ1) is 13.8. The zero-order valence-electron chi connectivity index (χ0n) is 17.5. The Morgan fingerprint density at radius 3 is 2.86 bits per heavy atom. The SMILES string of the molecule is CCNC(=NCc1ccc(OCC)c(OC)c1)NCCCOCC1CCCO1. The van der Waals surface area contributed by atoms with E-state index in [1.54, 1.807) is 7.11 Å².